The van der Waals surface area contributed by atoms with Crippen molar-refractivity contribution in [2.24, 2.45) is 0 Å². The summed E-state index contributed by atoms with van der Waals surface area (Å²) in [4.78, 5) is 30.8. The van der Waals surface area contributed by atoms with Gasteiger partial charge in [-0.15, -0.1) is 0 Å². The minimum Gasteiger partial charge on any atom is -0.323 e. The molecule has 1 heterocycles. The van der Waals surface area contributed by atoms with Crippen molar-refractivity contribution in [2.75, 3.05) is 5.32 Å². The number of nitrogens with zero attached hydrogens (tertiary/aromatic N) is 2. The van der Waals surface area contributed by atoms with Gasteiger partial charge in [-0.1, -0.05) is 36.0 Å². The molecular formula is C25H20F3N3O2S. The number of anilines is 1. The lowest BCUT2D eigenvalue weighted by molar-refractivity contribution is -0.115. The highest BCUT2D eigenvalue weighted by Crippen LogP contribution is 2.28. The maximum Gasteiger partial charge on any atom is 0.266 e. The van der Waals surface area contributed by atoms with Gasteiger partial charge in [0.2, 0.25) is 5.91 Å². The summed E-state index contributed by atoms with van der Waals surface area (Å²) in [5.74, 6) is -5.17. The fraction of sp³-hybridized carbons (Fsp3) is 0.160. The number of carbonyl (C=O) groups is 1. The summed E-state index contributed by atoms with van der Waals surface area (Å²) in [7, 11) is 0. The molecule has 4 aromatic rings. The SMILES string of the molecule is Cc1cccc(-n2c(S[C@@H](C)C(=O)Nc3ccc(F)c(F)c3F)nc3ccccc3c2=O)c1C. The number of benzene rings is 3. The van der Waals surface area contributed by atoms with E-state index in [9.17, 15) is 22.8 Å². The molecule has 0 saturated carbocycles. The molecule has 0 bridgehead atoms. The molecule has 174 valence electrons. The Hall–Kier alpha value is -3.59. The van der Waals surface area contributed by atoms with Gasteiger partial charge < -0.3 is 5.32 Å². The van der Waals surface area contributed by atoms with Gasteiger partial charge in [-0.2, -0.15) is 0 Å². The molecule has 4 rings (SSSR count). The smallest absolute Gasteiger partial charge is 0.266 e. The lowest BCUT2D eigenvalue weighted by Crippen LogP contribution is -2.27. The summed E-state index contributed by atoms with van der Waals surface area (Å²) in [5.41, 5.74) is 2.19. The van der Waals surface area contributed by atoms with Gasteiger partial charge in [0.15, 0.2) is 22.6 Å². The number of hydrogen-bond donors (Lipinski definition) is 1. The van der Waals surface area contributed by atoms with E-state index in [1.807, 2.05) is 26.0 Å². The van der Waals surface area contributed by atoms with Crippen molar-refractivity contribution in [3.05, 3.63) is 93.5 Å². The molecule has 34 heavy (non-hydrogen) atoms. The fourth-order valence-electron chi connectivity index (χ4n) is 3.45. The van der Waals surface area contributed by atoms with Gasteiger partial charge in [0, 0.05) is 0 Å². The van der Waals surface area contributed by atoms with Crippen LogP contribution in [-0.4, -0.2) is 20.7 Å². The maximum absolute atomic E-state index is 14.0. The van der Waals surface area contributed by atoms with Crippen LogP contribution in [0.3, 0.4) is 0 Å². The average Bonchev–Trinajstić information content (AvgIpc) is 2.82. The Morgan fingerprint density at radius 2 is 1.74 bits per heavy atom. The number of hydrogen-bond acceptors (Lipinski definition) is 4. The number of para-hydroxylation sites is 1. The van der Waals surface area contributed by atoms with Crippen molar-refractivity contribution in [3.63, 3.8) is 0 Å². The van der Waals surface area contributed by atoms with Gasteiger partial charge >= 0.3 is 0 Å². The summed E-state index contributed by atoms with van der Waals surface area (Å²) in [6.07, 6.45) is 0. The van der Waals surface area contributed by atoms with Crippen molar-refractivity contribution in [2.45, 2.75) is 31.2 Å². The summed E-state index contributed by atoms with van der Waals surface area (Å²) in [6.45, 7) is 5.37. The molecule has 9 heteroatoms. The highest BCUT2D eigenvalue weighted by Gasteiger charge is 2.23. The van der Waals surface area contributed by atoms with E-state index in [0.29, 0.717) is 16.6 Å². The molecule has 0 unspecified atom stereocenters. The van der Waals surface area contributed by atoms with Crippen LogP contribution in [0, 0.1) is 31.3 Å². The Labute approximate surface area is 197 Å². The first-order chi connectivity index (χ1) is 16.2. The van der Waals surface area contributed by atoms with Crippen LogP contribution in [0.5, 0.6) is 0 Å². The number of aromatic nitrogens is 2. The monoisotopic (exact) mass is 483 g/mol. The van der Waals surface area contributed by atoms with Crippen LogP contribution in [0.1, 0.15) is 18.1 Å². The summed E-state index contributed by atoms with van der Waals surface area (Å²) < 4.78 is 42.2. The van der Waals surface area contributed by atoms with Crippen molar-refractivity contribution in [1.29, 1.82) is 0 Å². The quantitative estimate of drug-likeness (QED) is 0.230. The number of halogens is 3. The van der Waals surface area contributed by atoms with E-state index in [0.717, 1.165) is 35.0 Å². The Bertz CT molecular complexity index is 1490. The summed E-state index contributed by atoms with van der Waals surface area (Å²) >= 11 is 0.999. The van der Waals surface area contributed by atoms with Gasteiger partial charge in [-0.25, -0.2) is 18.2 Å². The first kappa shape index (κ1) is 23.6. The van der Waals surface area contributed by atoms with E-state index in [4.69, 9.17) is 0 Å². The predicted molar refractivity (Wildman–Crippen MR) is 127 cm³/mol. The Balaban J connectivity index is 1.75. The highest BCUT2D eigenvalue weighted by molar-refractivity contribution is 8.00. The molecule has 0 spiro atoms. The van der Waals surface area contributed by atoms with E-state index < -0.39 is 34.3 Å². The zero-order chi connectivity index (χ0) is 24.6. The van der Waals surface area contributed by atoms with Crippen LogP contribution < -0.4 is 10.9 Å². The van der Waals surface area contributed by atoms with Crippen LogP contribution in [0.25, 0.3) is 16.6 Å². The number of carbonyl (C=O) groups excluding carboxylic acids is 1. The molecule has 5 nitrogen and oxygen atoms in total. The maximum atomic E-state index is 14.0. The van der Waals surface area contributed by atoms with Crippen LogP contribution in [0.2, 0.25) is 0 Å². The first-order valence-corrected chi connectivity index (χ1v) is 11.3. The third-order valence-electron chi connectivity index (χ3n) is 5.51. The molecule has 0 fully saturated rings. The van der Waals surface area contributed by atoms with Crippen LogP contribution >= 0.6 is 11.8 Å². The zero-order valence-electron chi connectivity index (χ0n) is 18.5. The molecule has 0 saturated heterocycles. The van der Waals surface area contributed by atoms with E-state index >= 15 is 0 Å². The van der Waals surface area contributed by atoms with E-state index in [-0.39, 0.29) is 10.7 Å². The Kier molecular flexibility index (Phi) is 6.47. The molecule has 1 amide bonds. The normalized spacial score (nSPS) is 12.1. The molecular weight excluding hydrogens is 463 g/mol. The third-order valence-corrected chi connectivity index (χ3v) is 6.56. The van der Waals surface area contributed by atoms with Crippen LogP contribution in [-0.2, 0) is 4.79 Å². The van der Waals surface area contributed by atoms with Crippen molar-refractivity contribution in [1.82, 2.24) is 9.55 Å². The van der Waals surface area contributed by atoms with Gasteiger partial charge in [0.05, 0.1) is 27.5 Å². The van der Waals surface area contributed by atoms with Crippen molar-refractivity contribution >= 4 is 34.3 Å². The van der Waals surface area contributed by atoms with Crippen LogP contribution in [0.4, 0.5) is 18.9 Å². The Morgan fingerprint density at radius 3 is 2.50 bits per heavy atom. The zero-order valence-corrected chi connectivity index (χ0v) is 19.3. The highest BCUT2D eigenvalue weighted by atomic mass is 32.2. The number of aryl methyl sites for hydroxylation is 1. The number of nitrogens with one attached hydrogen (secondary N) is 1. The topological polar surface area (TPSA) is 64.0 Å². The van der Waals surface area contributed by atoms with Crippen LogP contribution in [0.15, 0.2) is 64.5 Å². The van der Waals surface area contributed by atoms with Gasteiger partial charge in [-0.05, 0) is 62.2 Å². The number of thioether (sulfide) groups is 1. The third kappa shape index (κ3) is 4.31. The minimum atomic E-state index is -1.67. The van der Waals surface area contributed by atoms with E-state index in [1.165, 1.54) is 4.57 Å². The number of fused-ring (bicyclic) bond motifs is 1. The molecule has 0 radical (unpaired) electrons. The Morgan fingerprint density at radius 1 is 1.00 bits per heavy atom. The second-order valence-corrected chi connectivity index (χ2v) is 9.05. The molecule has 1 N–H and O–H groups in total. The summed E-state index contributed by atoms with van der Waals surface area (Å²) in [5, 5.41) is 2.12. The fourth-order valence-corrected chi connectivity index (χ4v) is 4.37. The largest absolute Gasteiger partial charge is 0.323 e. The lowest BCUT2D eigenvalue weighted by Gasteiger charge is -2.18. The van der Waals surface area contributed by atoms with Gasteiger partial charge in [0.1, 0.15) is 0 Å². The minimum absolute atomic E-state index is 0.269. The number of amides is 1. The van der Waals surface area contributed by atoms with Gasteiger partial charge in [-0.3, -0.25) is 14.2 Å². The molecule has 1 atom stereocenters. The number of rotatable bonds is 5. The molecule has 1 aromatic heterocycles. The standard InChI is InChI=1S/C25H20F3N3O2S/c1-13-7-6-10-20(14(13)2)31-24(33)16-8-4-5-9-18(16)30-25(31)34-15(3)23(32)29-19-12-11-17(26)21(27)22(19)28/h4-12,15H,1-3H3,(H,29,32)/t15-/m0/s1. The predicted octanol–water partition coefficient (Wildman–Crippen LogP) is 5.54. The lowest BCUT2D eigenvalue weighted by atomic mass is 10.1. The average molecular weight is 484 g/mol. The summed E-state index contributed by atoms with van der Waals surface area (Å²) in [6, 6.07) is 14.1. The molecule has 3 aromatic carbocycles. The van der Waals surface area contributed by atoms with E-state index in [2.05, 4.69) is 10.3 Å². The van der Waals surface area contributed by atoms with Gasteiger partial charge in [0.25, 0.3) is 5.56 Å². The first-order valence-electron chi connectivity index (χ1n) is 10.4. The molecule has 0 aliphatic rings. The van der Waals surface area contributed by atoms with Crippen molar-refractivity contribution in [3.8, 4) is 5.69 Å². The van der Waals surface area contributed by atoms with E-state index in [1.54, 1.807) is 37.3 Å². The second-order valence-electron chi connectivity index (χ2n) is 7.74. The molecule has 0 aliphatic carbocycles. The van der Waals surface area contributed by atoms with Crippen molar-refractivity contribution < 1.29 is 18.0 Å². The second kappa shape index (κ2) is 9.34. The molecule has 0 aliphatic heterocycles.